The summed E-state index contributed by atoms with van der Waals surface area (Å²) in [6.07, 6.45) is 1.16. The minimum Gasteiger partial charge on any atom is -0.370 e. The second-order valence-corrected chi connectivity index (χ2v) is 6.47. The molecule has 2 aliphatic rings. The highest BCUT2D eigenvalue weighted by molar-refractivity contribution is 14.0. The van der Waals surface area contributed by atoms with Crippen LogP contribution in [-0.4, -0.2) is 17.5 Å². The molecule has 19 heavy (non-hydrogen) atoms. The van der Waals surface area contributed by atoms with Crippen molar-refractivity contribution in [1.82, 2.24) is 5.32 Å². The van der Waals surface area contributed by atoms with E-state index in [1.165, 1.54) is 11.1 Å². The maximum atomic E-state index is 5.96. The highest BCUT2D eigenvalue weighted by atomic mass is 127. The van der Waals surface area contributed by atoms with E-state index in [0.29, 0.717) is 23.8 Å². The largest absolute Gasteiger partial charge is 0.370 e. The highest BCUT2D eigenvalue weighted by Crippen LogP contribution is 2.58. The SMILES string of the molecule is CC(C)(C)NC(N)=NC1C2Cc3ccccc3C21.I. The molecule has 1 fully saturated rings. The molecular formula is C15H22IN3. The minimum absolute atomic E-state index is 0. The third-order valence-corrected chi connectivity index (χ3v) is 3.79. The minimum atomic E-state index is -0.0184. The maximum absolute atomic E-state index is 5.96. The first-order valence-corrected chi connectivity index (χ1v) is 6.65. The van der Waals surface area contributed by atoms with Gasteiger partial charge in [0.15, 0.2) is 5.96 Å². The Labute approximate surface area is 132 Å². The molecule has 0 aliphatic heterocycles. The first-order chi connectivity index (χ1) is 8.46. The number of hydrogen-bond acceptors (Lipinski definition) is 1. The highest BCUT2D eigenvalue weighted by Gasteiger charge is 2.55. The van der Waals surface area contributed by atoms with Crippen LogP contribution in [0.3, 0.4) is 0 Å². The molecule has 2 aliphatic carbocycles. The number of aliphatic imine (C=N–C) groups is 1. The van der Waals surface area contributed by atoms with E-state index in [0.717, 1.165) is 6.42 Å². The Morgan fingerprint density at radius 2 is 2.00 bits per heavy atom. The second-order valence-electron chi connectivity index (χ2n) is 6.47. The van der Waals surface area contributed by atoms with Gasteiger partial charge in [0.1, 0.15) is 0 Å². The number of nitrogens with two attached hydrogens (primary N) is 1. The molecular weight excluding hydrogens is 349 g/mol. The Morgan fingerprint density at radius 1 is 1.32 bits per heavy atom. The fourth-order valence-corrected chi connectivity index (χ4v) is 3.07. The Bertz CT molecular complexity index is 504. The fourth-order valence-electron chi connectivity index (χ4n) is 3.07. The van der Waals surface area contributed by atoms with Crippen molar-refractivity contribution in [3.63, 3.8) is 0 Å². The molecule has 0 saturated heterocycles. The summed E-state index contributed by atoms with van der Waals surface area (Å²) < 4.78 is 0. The third kappa shape index (κ3) is 2.88. The van der Waals surface area contributed by atoms with Crippen LogP contribution in [0.4, 0.5) is 0 Å². The molecule has 3 nitrogen and oxygen atoms in total. The van der Waals surface area contributed by atoms with Gasteiger partial charge in [-0.15, -0.1) is 24.0 Å². The lowest BCUT2D eigenvalue weighted by Crippen LogP contribution is -2.45. The van der Waals surface area contributed by atoms with Gasteiger partial charge in [-0.3, -0.25) is 0 Å². The van der Waals surface area contributed by atoms with Gasteiger partial charge in [-0.1, -0.05) is 24.3 Å². The molecule has 3 atom stereocenters. The molecule has 0 heterocycles. The Kier molecular flexibility index (Phi) is 3.82. The van der Waals surface area contributed by atoms with Crippen LogP contribution < -0.4 is 11.1 Å². The summed E-state index contributed by atoms with van der Waals surface area (Å²) in [5.41, 5.74) is 8.93. The number of guanidine groups is 1. The molecule has 3 rings (SSSR count). The molecule has 0 spiro atoms. The van der Waals surface area contributed by atoms with Crippen molar-refractivity contribution >= 4 is 29.9 Å². The van der Waals surface area contributed by atoms with Crippen molar-refractivity contribution in [2.75, 3.05) is 0 Å². The van der Waals surface area contributed by atoms with Crippen LogP contribution in [0.1, 0.15) is 37.8 Å². The molecule has 1 aromatic carbocycles. The average molecular weight is 371 g/mol. The van der Waals surface area contributed by atoms with Gasteiger partial charge in [0, 0.05) is 11.5 Å². The topological polar surface area (TPSA) is 50.4 Å². The van der Waals surface area contributed by atoms with Crippen molar-refractivity contribution < 1.29 is 0 Å². The lowest BCUT2D eigenvalue weighted by molar-refractivity contribution is 0.507. The predicted molar refractivity (Wildman–Crippen MR) is 90.1 cm³/mol. The molecule has 1 aromatic rings. The van der Waals surface area contributed by atoms with Gasteiger partial charge < -0.3 is 11.1 Å². The van der Waals surface area contributed by atoms with Crippen LogP contribution in [0.25, 0.3) is 0 Å². The summed E-state index contributed by atoms with van der Waals surface area (Å²) in [4.78, 5) is 4.64. The molecule has 3 N–H and O–H groups in total. The first-order valence-electron chi connectivity index (χ1n) is 6.65. The van der Waals surface area contributed by atoms with E-state index in [-0.39, 0.29) is 29.5 Å². The molecule has 0 amide bonds. The van der Waals surface area contributed by atoms with Crippen molar-refractivity contribution in [2.45, 2.75) is 44.7 Å². The smallest absolute Gasteiger partial charge is 0.189 e. The second kappa shape index (κ2) is 4.96. The molecule has 3 unspecified atom stereocenters. The summed E-state index contributed by atoms with van der Waals surface area (Å²) in [5.74, 6) is 1.88. The van der Waals surface area contributed by atoms with E-state index < -0.39 is 0 Å². The molecule has 0 aromatic heterocycles. The van der Waals surface area contributed by atoms with E-state index >= 15 is 0 Å². The van der Waals surface area contributed by atoms with E-state index in [1.807, 2.05) is 0 Å². The molecule has 0 radical (unpaired) electrons. The van der Waals surface area contributed by atoms with Gasteiger partial charge in [0.25, 0.3) is 0 Å². The molecule has 0 bridgehead atoms. The number of nitrogens with one attached hydrogen (secondary N) is 1. The number of nitrogens with zero attached hydrogens (tertiary/aromatic N) is 1. The van der Waals surface area contributed by atoms with Gasteiger partial charge in [-0.05, 0) is 44.2 Å². The standard InChI is InChI=1S/C15H21N3.HI/c1-15(2,3)18-14(16)17-13-11-8-9-6-4-5-7-10(9)12(11)13;/h4-7,11-13H,8H2,1-3H3,(H3,16,17,18);1H. The Balaban J connectivity index is 0.00000133. The number of fused-ring (bicyclic) bond motifs is 3. The summed E-state index contributed by atoms with van der Waals surface area (Å²) in [7, 11) is 0. The zero-order valence-corrected chi connectivity index (χ0v) is 14.0. The zero-order chi connectivity index (χ0) is 12.9. The zero-order valence-electron chi connectivity index (χ0n) is 11.7. The number of benzene rings is 1. The summed E-state index contributed by atoms with van der Waals surface area (Å²) in [6.45, 7) is 6.29. The maximum Gasteiger partial charge on any atom is 0.189 e. The summed E-state index contributed by atoms with van der Waals surface area (Å²) in [5, 5.41) is 3.23. The monoisotopic (exact) mass is 371 g/mol. The Morgan fingerprint density at radius 3 is 2.68 bits per heavy atom. The van der Waals surface area contributed by atoms with E-state index in [1.54, 1.807) is 0 Å². The van der Waals surface area contributed by atoms with Crippen molar-refractivity contribution in [1.29, 1.82) is 0 Å². The van der Waals surface area contributed by atoms with Gasteiger partial charge in [-0.25, -0.2) is 4.99 Å². The van der Waals surface area contributed by atoms with Gasteiger partial charge >= 0.3 is 0 Å². The average Bonchev–Trinajstić information content (AvgIpc) is 2.77. The fraction of sp³-hybridized carbons (Fsp3) is 0.533. The summed E-state index contributed by atoms with van der Waals surface area (Å²) >= 11 is 0. The van der Waals surface area contributed by atoms with Crippen molar-refractivity contribution in [3.8, 4) is 0 Å². The van der Waals surface area contributed by atoms with Crippen LogP contribution in [-0.2, 0) is 6.42 Å². The molecule has 4 heteroatoms. The first kappa shape index (κ1) is 14.6. The lowest BCUT2D eigenvalue weighted by Gasteiger charge is -2.21. The van der Waals surface area contributed by atoms with Crippen molar-refractivity contribution in [3.05, 3.63) is 35.4 Å². The Hall–Kier alpha value is -0.780. The lowest BCUT2D eigenvalue weighted by atomic mass is 10.1. The number of rotatable bonds is 1. The normalized spacial score (nSPS) is 28.2. The van der Waals surface area contributed by atoms with Crippen LogP contribution in [0.2, 0.25) is 0 Å². The molecule has 104 valence electrons. The van der Waals surface area contributed by atoms with Gasteiger partial charge in [0.2, 0.25) is 0 Å². The van der Waals surface area contributed by atoms with E-state index in [4.69, 9.17) is 5.73 Å². The third-order valence-electron chi connectivity index (χ3n) is 3.79. The van der Waals surface area contributed by atoms with Crippen LogP contribution >= 0.6 is 24.0 Å². The van der Waals surface area contributed by atoms with Crippen LogP contribution in [0.5, 0.6) is 0 Å². The predicted octanol–water partition coefficient (Wildman–Crippen LogP) is 2.65. The van der Waals surface area contributed by atoms with E-state index in [2.05, 4.69) is 55.3 Å². The van der Waals surface area contributed by atoms with Crippen molar-refractivity contribution in [2.24, 2.45) is 16.6 Å². The van der Waals surface area contributed by atoms with E-state index in [9.17, 15) is 0 Å². The quantitative estimate of drug-likeness (QED) is 0.453. The van der Waals surface area contributed by atoms with Crippen LogP contribution in [0.15, 0.2) is 29.3 Å². The van der Waals surface area contributed by atoms with Crippen LogP contribution in [0, 0.1) is 5.92 Å². The summed E-state index contributed by atoms with van der Waals surface area (Å²) in [6, 6.07) is 9.12. The van der Waals surface area contributed by atoms with Gasteiger partial charge in [-0.2, -0.15) is 0 Å². The number of hydrogen-bond donors (Lipinski definition) is 2. The number of halogens is 1. The van der Waals surface area contributed by atoms with Gasteiger partial charge in [0.05, 0.1) is 6.04 Å². The molecule has 1 saturated carbocycles.